The first-order chi connectivity index (χ1) is 10.8. The molecule has 0 aliphatic carbocycles. The van der Waals surface area contributed by atoms with E-state index in [1.165, 1.54) is 11.8 Å². The minimum absolute atomic E-state index is 0.107. The fourth-order valence-electron chi connectivity index (χ4n) is 2.38. The maximum Gasteiger partial charge on any atom is 0.455 e. The average Bonchev–Trinajstić information content (AvgIpc) is 2.51. The minimum atomic E-state index is -5.12. The van der Waals surface area contributed by atoms with Gasteiger partial charge in [-0.05, 0) is 24.5 Å². The van der Waals surface area contributed by atoms with E-state index < -0.39 is 23.5 Å². The third-order valence-corrected chi connectivity index (χ3v) is 3.47. The molecule has 1 aliphatic rings. The predicted molar refractivity (Wildman–Crippen MR) is 76.3 cm³/mol. The van der Waals surface area contributed by atoms with Gasteiger partial charge in [-0.3, -0.25) is 4.79 Å². The number of alkyl halides is 3. The summed E-state index contributed by atoms with van der Waals surface area (Å²) in [6.45, 7) is 2.12. The molecule has 4 nitrogen and oxygen atoms in total. The number of esters is 1. The number of halogens is 3. The highest BCUT2D eigenvalue weighted by Crippen LogP contribution is 2.24. The highest BCUT2D eigenvalue weighted by atomic mass is 19.4. The fourth-order valence-corrected chi connectivity index (χ4v) is 2.38. The van der Waals surface area contributed by atoms with Gasteiger partial charge in [-0.15, -0.1) is 0 Å². The average molecular weight is 327 g/mol. The summed E-state index contributed by atoms with van der Waals surface area (Å²) in [7, 11) is 0. The number of ether oxygens (including phenoxy) is 1. The van der Waals surface area contributed by atoms with Gasteiger partial charge in [0.25, 0.3) is 5.78 Å². The van der Waals surface area contributed by atoms with Gasteiger partial charge in [-0.1, -0.05) is 24.3 Å². The van der Waals surface area contributed by atoms with Gasteiger partial charge in [0.1, 0.15) is 5.57 Å². The Morgan fingerprint density at radius 1 is 1.26 bits per heavy atom. The zero-order valence-electron chi connectivity index (χ0n) is 12.5. The Bertz CT molecular complexity index is 638. The van der Waals surface area contributed by atoms with Crippen LogP contribution in [0, 0.1) is 0 Å². The van der Waals surface area contributed by atoms with Crippen LogP contribution in [0.1, 0.15) is 18.1 Å². The Hall–Kier alpha value is -2.31. The summed E-state index contributed by atoms with van der Waals surface area (Å²) in [4.78, 5) is 24.7. The van der Waals surface area contributed by atoms with Gasteiger partial charge in [-0.25, -0.2) is 4.79 Å². The normalized spacial score (nSPS) is 15.1. The number of fused-ring (bicyclic) bond motifs is 1. The lowest BCUT2D eigenvalue weighted by Crippen LogP contribution is -2.33. The van der Waals surface area contributed by atoms with E-state index in [-0.39, 0.29) is 6.61 Å². The molecule has 0 saturated carbocycles. The van der Waals surface area contributed by atoms with Crippen molar-refractivity contribution in [3.8, 4) is 0 Å². The highest BCUT2D eigenvalue weighted by Gasteiger charge is 2.44. The summed E-state index contributed by atoms with van der Waals surface area (Å²) in [6.07, 6.45) is -3.53. The van der Waals surface area contributed by atoms with Crippen LogP contribution in [0.2, 0.25) is 0 Å². The van der Waals surface area contributed by atoms with Gasteiger partial charge < -0.3 is 9.64 Å². The number of hydrogen-bond donors (Lipinski definition) is 0. The molecule has 0 unspecified atom stereocenters. The van der Waals surface area contributed by atoms with Gasteiger partial charge in [0, 0.05) is 19.3 Å². The number of rotatable bonds is 4. The molecule has 124 valence electrons. The molecule has 0 bridgehead atoms. The molecule has 2 rings (SSSR count). The van der Waals surface area contributed by atoms with E-state index >= 15 is 0 Å². The molecule has 7 heteroatoms. The van der Waals surface area contributed by atoms with Gasteiger partial charge in [0.2, 0.25) is 0 Å². The van der Waals surface area contributed by atoms with Crippen LogP contribution < -0.4 is 0 Å². The molecule has 0 atom stereocenters. The third kappa shape index (κ3) is 4.12. The number of carbonyl (C=O) groups excluding carboxylic acids is 2. The van der Waals surface area contributed by atoms with Crippen molar-refractivity contribution in [2.75, 3.05) is 13.2 Å². The number of nitrogens with zero attached hydrogens (tertiary/aromatic N) is 1. The topological polar surface area (TPSA) is 46.6 Å². The van der Waals surface area contributed by atoms with Crippen LogP contribution in [0.3, 0.4) is 0 Å². The first kappa shape index (κ1) is 17.1. The minimum Gasteiger partial charge on any atom is -0.462 e. The van der Waals surface area contributed by atoms with E-state index in [1.807, 2.05) is 24.3 Å². The molecule has 0 N–H and O–H groups in total. The lowest BCUT2D eigenvalue weighted by molar-refractivity contribution is -0.168. The molecule has 0 amide bonds. The van der Waals surface area contributed by atoms with E-state index in [2.05, 4.69) is 4.74 Å². The Kier molecular flexibility index (Phi) is 5.08. The molecule has 0 aromatic heterocycles. The maximum absolute atomic E-state index is 12.7. The molecule has 23 heavy (non-hydrogen) atoms. The van der Waals surface area contributed by atoms with Crippen LogP contribution in [0.15, 0.2) is 36.0 Å². The van der Waals surface area contributed by atoms with Gasteiger partial charge in [0.15, 0.2) is 0 Å². The van der Waals surface area contributed by atoms with Gasteiger partial charge in [-0.2, -0.15) is 13.2 Å². The van der Waals surface area contributed by atoms with Crippen molar-refractivity contribution in [3.05, 3.63) is 47.2 Å². The second-order valence-corrected chi connectivity index (χ2v) is 5.08. The van der Waals surface area contributed by atoms with Gasteiger partial charge >= 0.3 is 12.1 Å². The number of ketones is 1. The summed E-state index contributed by atoms with van der Waals surface area (Å²) < 4.78 is 42.6. The quantitative estimate of drug-likeness (QED) is 0.369. The molecular weight excluding hydrogens is 311 g/mol. The van der Waals surface area contributed by atoms with Crippen molar-refractivity contribution in [1.29, 1.82) is 0 Å². The van der Waals surface area contributed by atoms with Gasteiger partial charge in [0.05, 0.1) is 6.61 Å². The second-order valence-electron chi connectivity index (χ2n) is 5.08. The van der Waals surface area contributed by atoms with Crippen LogP contribution in [-0.2, 0) is 27.3 Å². The molecule has 0 radical (unpaired) electrons. The second kappa shape index (κ2) is 6.85. The molecule has 1 aromatic carbocycles. The Labute approximate surface area is 131 Å². The first-order valence-corrected chi connectivity index (χ1v) is 7.14. The highest BCUT2D eigenvalue weighted by molar-refractivity contribution is 6.19. The van der Waals surface area contributed by atoms with Crippen molar-refractivity contribution in [2.24, 2.45) is 0 Å². The zero-order chi connectivity index (χ0) is 17.0. The molecule has 1 heterocycles. The Balaban J connectivity index is 2.27. The van der Waals surface area contributed by atoms with Crippen molar-refractivity contribution in [1.82, 2.24) is 4.90 Å². The van der Waals surface area contributed by atoms with E-state index in [0.717, 1.165) is 17.3 Å². The van der Waals surface area contributed by atoms with Crippen LogP contribution in [0.4, 0.5) is 13.2 Å². The SMILES string of the molecule is CCOC(=O)/C(=C/N1CCc2ccccc2C1)C(=O)C(F)(F)F. The number of Topliss-reactive ketones (excluding diaryl/α,β-unsaturated/α-hetero) is 1. The lowest BCUT2D eigenvalue weighted by Gasteiger charge is -2.28. The first-order valence-electron chi connectivity index (χ1n) is 7.14. The number of hydrogen-bond acceptors (Lipinski definition) is 4. The summed E-state index contributed by atoms with van der Waals surface area (Å²) in [5.74, 6) is -3.44. The van der Waals surface area contributed by atoms with Crippen LogP contribution in [-0.4, -0.2) is 36.0 Å². The maximum atomic E-state index is 12.7. The predicted octanol–water partition coefficient (Wildman–Crippen LogP) is 2.62. The van der Waals surface area contributed by atoms with E-state index in [0.29, 0.717) is 19.5 Å². The Morgan fingerprint density at radius 3 is 2.52 bits per heavy atom. The zero-order valence-corrected chi connectivity index (χ0v) is 12.5. The summed E-state index contributed by atoms with van der Waals surface area (Å²) in [6, 6.07) is 7.54. The smallest absolute Gasteiger partial charge is 0.455 e. The standard InChI is InChI=1S/C16H16F3NO3/c1-2-23-15(22)13(14(21)16(17,18)19)10-20-8-7-11-5-3-4-6-12(11)9-20/h3-6,10H,2,7-9H2,1H3/b13-10+. The van der Waals surface area contributed by atoms with E-state index in [4.69, 9.17) is 0 Å². The monoisotopic (exact) mass is 327 g/mol. The summed E-state index contributed by atoms with van der Waals surface area (Å²) in [5.41, 5.74) is 1.08. The van der Waals surface area contributed by atoms with Crippen molar-refractivity contribution in [2.45, 2.75) is 26.1 Å². The van der Waals surface area contributed by atoms with Crippen molar-refractivity contribution in [3.63, 3.8) is 0 Å². The van der Waals surface area contributed by atoms with E-state index in [1.54, 1.807) is 0 Å². The van der Waals surface area contributed by atoms with E-state index in [9.17, 15) is 22.8 Å². The van der Waals surface area contributed by atoms with Crippen LogP contribution in [0.25, 0.3) is 0 Å². The van der Waals surface area contributed by atoms with Crippen LogP contribution >= 0.6 is 0 Å². The van der Waals surface area contributed by atoms with Crippen molar-refractivity contribution >= 4 is 11.8 Å². The van der Waals surface area contributed by atoms with Crippen LogP contribution in [0.5, 0.6) is 0 Å². The molecule has 0 fully saturated rings. The molecular formula is C16H16F3NO3. The third-order valence-electron chi connectivity index (χ3n) is 3.47. The fraction of sp³-hybridized carbons (Fsp3) is 0.375. The largest absolute Gasteiger partial charge is 0.462 e. The molecule has 0 saturated heterocycles. The number of benzene rings is 1. The van der Waals surface area contributed by atoms with Crippen molar-refractivity contribution < 1.29 is 27.5 Å². The summed E-state index contributed by atoms with van der Waals surface area (Å²) >= 11 is 0. The molecule has 1 aromatic rings. The summed E-state index contributed by atoms with van der Waals surface area (Å²) in [5, 5.41) is 0. The molecule has 0 spiro atoms. The molecule has 1 aliphatic heterocycles. The number of carbonyl (C=O) groups is 2. The lowest BCUT2D eigenvalue weighted by atomic mass is 10.00. The Morgan fingerprint density at radius 2 is 1.91 bits per heavy atom.